The second kappa shape index (κ2) is 7.54. The maximum atomic E-state index is 12.4. The first-order chi connectivity index (χ1) is 10.8. The van der Waals surface area contributed by atoms with Crippen LogP contribution in [0.4, 0.5) is 4.79 Å². The molecule has 128 valence electrons. The van der Waals surface area contributed by atoms with Crippen LogP contribution in [-0.4, -0.2) is 56.1 Å². The van der Waals surface area contributed by atoms with Crippen LogP contribution in [0.3, 0.4) is 0 Å². The van der Waals surface area contributed by atoms with Crippen molar-refractivity contribution in [2.24, 2.45) is 5.92 Å². The number of amides is 2. The van der Waals surface area contributed by atoms with E-state index in [2.05, 4.69) is 38.2 Å². The normalized spacial score (nSPS) is 18.5. The summed E-state index contributed by atoms with van der Waals surface area (Å²) in [5.41, 5.74) is 0.866. The highest BCUT2D eigenvalue weighted by molar-refractivity contribution is 6.31. The van der Waals surface area contributed by atoms with Gasteiger partial charge in [0.25, 0.3) is 0 Å². The minimum Gasteiger partial charge on any atom is -0.337 e. The van der Waals surface area contributed by atoms with Crippen LogP contribution in [0.25, 0.3) is 0 Å². The molecule has 0 unspecified atom stereocenters. The van der Waals surface area contributed by atoms with Crippen LogP contribution in [0.2, 0.25) is 5.02 Å². The number of halogens is 1. The topological polar surface area (TPSA) is 35.6 Å². The molecule has 1 aliphatic rings. The molecule has 1 fully saturated rings. The molecule has 4 nitrogen and oxygen atoms in total. The molecule has 0 aliphatic carbocycles. The van der Waals surface area contributed by atoms with Gasteiger partial charge in [-0.25, -0.2) is 4.79 Å². The summed E-state index contributed by atoms with van der Waals surface area (Å²) >= 11 is 6.29. The largest absolute Gasteiger partial charge is 0.337 e. The van der Waals surface area contributed by atoms with Crippen LogP contribution in [0.15, 0.2) is 24.3 Å². The van der Waals surface area contributed by atoms with Crippen molar-refractivity contribution < 1.29 is 4.79 Å². The molecule has 0 bridgehead atoms. The zero-order valence-corrected chi connectivity index (χ0v) is 15.4. The van der Waals surface area contributed by atoms with Gasteiger partial charge in [0.1, 0.15) is 0 Å². The Morgan fingerprint density at radius 2 is 2.09 bits per heavy atom. The van der Waals surface area contributed by atoms with E-state index in [1.807, 2.05) is 29.2 Å². The molecular formula is C18H28ClN3O. The smallest absolute Gasteiger partial charge is 0.317 e. The fourth-order valence-corrected chi connectivity index (χ4v) is 3.59. The lowest BCUT2D eigenvalue weighted by Crippen LogP contribution is -2.44. The highest BCUT2D eigenvalue weighted by atomic mass is 35.5. The molecular weight excluding hydrogens is 310 g/mol. The Morgan fingerprint density at radius 3 is 2.74 bits per heavy atom. The van der Waals surface area contributed by atoms with E-state index in [1.165, 1.54) is 0 Å². The molecule has 0 spiro atoms. The van der Waals surface area contributed by atoms with Crippen molar-refractivity contribution >= 4 is 17.6 Å². The van der Waals surface area contributed by atoms with Gasteiger partial charge in [-0.15, -0.1) is 0 Å². The van der Waals surface area contributed by atoms with Crippen LogP contribution in [0.5, 0.6) is 0 Å². The molecule has 1 heterocycles. The molecule has 23 heavy (non-hydrogen) atoms. The Labute approximate surface area is 144 Å². The molecule has 0 radical (unpaired) electrons. The number of benzene rings is 1. The van der Waals surface area contributed by atoms with Crippen molar-refractivity contribution in [2.75, 3.05) is 40.3 Å². The second-order valence-electron chi connectivity index (χ2n) is 7.39. The van der Waals surface area contributed by atoms with Crippen LogP contribution < -0.4 is 5.32 Å². The maximum Gasteiger partial charge on any atom is 0.317 e. The van der Waals surface area contributed by atoms with E-state index in [-0.39, 0.29) is 11.4 Å². The lowest BCUT2D eigenvalue weighted by Gasteiger charge is -2.28. The summed E-state index contributed by atoms with van der Waals surface area (Å²) in [5, 5.41) is 3.83. The monoisotopic (exact) mass is 337 g/mol. The fourth-order valence-electron chi connectivity index (χ4n) is 3.20. The first kappa shape index (κ1) is 18.1. The van der Waals surface area contributed by atoms with E-state index >= 15 is 0 Å². The predicted octanol–water partition coefficient (Wildman–Crippen LogP) is 3.21. The molecule has 1 aromatic carbocycles. The van der Waals surface area contributed by atoms with Crippen LogP contribution in [-0.2, 0) is 5.41 Å². The summed E-state index contributed by atoms with van der Waals surface area (Å²) < 4.78 is 0. The lowest BCUT2D eigenvalue weighted by atomic mass is 9.84. The van der Waals surface area contributed by atoms with Crippen molar-refractivity contribution in [3.63, 3.8) is 0 Å². The van der Waals surface area contributed by atoms with Gasteiger partial charge >= 0.3 is 6.03 Å². The quantitative estimate of drug-likeness (QED) is 0.895. The van der Waals surface area contributed by atoms with Gasteiger partial charge in [-0.2, -0.15) is 0 Å². The Hall–Kier alpha value is -1.26. The summed E-state index contributed by atoms with van der Waals surface area (Å²) in [4.78, 5) is 16.5. The third-order valence-corrected chi connectivity index (χ3v) is 4.81. The number of carbonyl (C=O) groups is 1. The molecule has 2 rings (SSSR count). The number of urea groups is 1. The lowest BCUT2D eigenvalue weighted by molar-refractivity contribution is 0.203. The number of nitrogens with zero attached hydrogens (tertiary/aromatic N) is 2. The van der Waals surface area contributed by atoms with Crippen molar-refractivity contribution in [2.45, 2.75) is 25.7 Å². The third-order valence-electron chi connectivity index (χ3n) is 4.48. The van der Waals surface area contributed by atoms with Crippen LogP contribution >= 0.6 is 11.6 Å². The molecule has 0 aromatic heterocycles. The SMILES string of the molecule is CN(C)C[C@@H]1CCN(C(=O)NCC(C)(C)c2ccccc2Cl)C1. The van der Waals surface area contributed by atoms with E-state index in [1.54, 1.807) is 0 Å². The second-order valence-corrected chi connectivity index (χ2v) is 7.79. The number of hydrogen-bond donors (Lipinski definition) is 1. The maximum absolute atomic E-state index is 12.4. The number of hydrogen-bond acceptors (Lipinski definition) is 2. The van der Waals surface area contributed by atoms with Gasteiger partial charge in [-0.05, 0) is 38.1 Å². The summed E-state index contributed by atoms with van der Waals surface area (Å²) in [5.74, 6) is 0.576. The molecule has 2 amide bonds. The van der Waals surface area contributed by atoms with Gasteiger partial charge in [0.05, 0.1) is 0 Å². The Balaban J connectivity index is 1.88. The average Bonchev–Trinajstić information content (AvgIpc) is 2.93. The molecule has 1 aromatic rings. The predicted molar refractivity (Wildman–Crippen MR) is 96.1 cm³/mol. The van der Waals surface area contributed by atoms with Gasteiger partial charge < -0.3 is 15.1 Å². The highest BCUT2D eigenvalue weighted by Crippen LogP contribution is 2.29. The third kappa shape index (κ3) is 4.85. The molecule has 1 atom stereocenters. The summed E-state index contributed by atoms with van der Waals surface area (Å²) in [6.07, 6.45) is 1.08. The summed E-state index contributed by atoms with van der Waals surface area (Å²) in [6, 6.07) is 7.86. The van der Waals surface area contributed by atoms with Crippen molar-refractivity contribution in [1.29, 1.82) is 0 Å². The van der Waals surface area contributed by atoms with Gasteiger partial charge in [0, 0.05) is 36.6 Å². The summed E-state index contributed by atoms with van der Waals surface area (Å²) in [7, 11) is 4.16. The Bertz CT molecular complexity index is 545. The Kier molecular flexibility index (Phi) is 5.93. The fraction of sp³-hybridized carbons (Fsp3) is 0.611. The molecule has 5 heteroatoms. The average molecular weight is 338 g/mol. The minimum absolute atomic E-state index is 0.0337. The van der Waals surface area contributed by atoms with Crippen molar-refractivity contribution in [3.8, 4) is 0 Å². The van der Waals surface area contributed by atoms with E-state index in [4.69, 9.17) is 11.6 Å². The zero-order chi connectivity index (χ0) is 17.0. The number of likely N-dealkylation sites (tertiary alicyclic amines) is 1. The highest BCUT2D eigenvalue weighted by Gasteiger charge is 2.29. The van der Waals surface area contributed by atoms with Gasteiger partial charge in [0.15, 0.2) is 0 Å². The number of nitrogens with one attached hydrogen (secondary N) is 1. The van der Waals surface area contributed by atoms with Gasteiger partial charge in [-0.3, -0.25) is 0 Å². The van der Waals surface area contributed by atoms with Crippen LogP contribution in [0.1, 0.15) is 25.8 Å². The minimum atomic E-state index is -0.198. The van der Waals surface area contributed by atoms with Crippen molar-refractivity contribution in [3.05, 3.63) is 34.9 Å². The molecule has 1 N–H and O–H groups in total. The van der Waals surface area contributed by atoms with Crippen LogP contribution in [0, 0.1) is 5.92 Å². The standard InChI is InChI=1S/C18H28ClN3O/c1-18(2,15-7-5-6-8-16(15)19)13-20-17(23)22-10-9-14(12-22)11-21(3)4/h5-8,14H,9-13H2,1-4H3,(H,20,23)/t14-/m0/s1. The first-order valence-corrected chi connectivity index (χ1v) is 8.60. The van der Waals surface area contributed by atoms with Crippen molar-refractivity contribution in [1.82, 2.24) is 15.1 Å². The van der Waals surface area contributed by atoms with E-state index in [0.717, 1.165) is 36.6 Å². The first-order valence-electron chi connectivity index (χ1n) is 8.22. The molecule has 1 saturated heterocycles. The summed E-state index contributed by atoms with van der Waals surface area (Å²) in [6.45, 7) is 7.51. The zero-order valence-electron chi connectivity index (χ0n) is 14.6. The van der Waals surface area contributed by atoms with Gasteiger partial charge in [-0.1, -0.05) is 43.6 Å². The van der Waals surface area contributed by atoms with Gasteiger partial charge in [0.2, 0.25) is 0 Å². The van der Waals surface area contributed by atoms with E-state index in [0.29, 0.717) is 12.5 Å². The molecule has 1 aliphatic heterocycles. The van der Waals surface area contributed by atoms with E-state index < -0.39 is 0 Å². The van der Waals surface area contributed by atoms with E-state index in [9.17, 15) is 4.79 Å². The number of rotatable bonds is 5. The Morgan fingerprint density at radius 1 is 1.39 bits per heavy atom. The number of carbonyl (C=O) groups excluding carboxylic acids is 1. The molecule has 0 saturated carbocycles.